The predicted octanol–water partition coefficient (Wildman–Crippen LogP) is 5.16. The average molecular weight is 414 g/mol. The first kappa shape index (κ1) is 16.0. The molecule has 6 heteroatoms. The van der Waals surface area contributed by atoms with Gasteiger partial charge < -0.3 is 5.32 Å². The smallest absolute Gasteiger partial charge is 0.283 e. The first-order valence-electron chi connectivity index (χ1n) is 6.40. The summed E-state index contributed by atoms with van der Waals surface area (Å²) in [5, 5.41) is 14.1. The summed E-state index contributed by atoms with van der Waals surface area (Å²) < 4.78 is 1.54. The number of nitrogens with one attached hydrogen (secondary N) is 1. The van der Waals surface area contributed by atoms with Crippen molar-refractivity contribution in [2.24, 2.45) is 0 Å². The van der Waals surface area contributed by atoms with Crippen LogP contribution in [-0.2, 0) is 6.42 Å². The van der Waals surface area contributed by atoms with Gasteiger partial charge in [0.1, 0.15) is 0 Å². The summed E-state index contributed by atoms with van der Waals surface area (Å²) in [4.78, 5) is 10.4. The van der Waals surface area contributed by atoms with E-state index in [1.807, 2.05) is 12.1 Å². The van der Waals surface area contributed by atoms with Crippen molar-refractivity contribution in [2.45, 2.75) is 19.4 Å². The van der Waals surface area contributed by atoms with Gasteiger partial charge in [-0.15, -0.1) is 0 Å². The number of benzene rings is 2. The van der Waals surface area contributed by atoms with Crippen LogP contribution in [0.4, 0.5) is 11.4 Å². The van der Waals surface area contributed by atoms with E-state index in [9.17, 15) is 10.1 Å². The Kier molecular flexibility index (Phi) is 5.36. The third kappa shape index (κ3) is 4.54. The summed E-state index contributed by atoms with van der Waals surface area (Å²) >= 11 is 6.64. The lowest BCUT2D eigenvalue weighted by Gasteiger charge is -2.15. The van der Waals surface area contributed by atoms with E-state index in [0.29, 0.717) is 4.47 Å². The zero-order chi connectivity index (χ0) is 15.4. The number of rotatable bonds is 5. The number of hydrogen-bond acceptors (Lipinski definition) is 3. The molecule has 21 heavy (non-hydrogen) atoms. The molecule has 1 unspecified atom stereocenters. The highest BCUT2D eigenvalue weighted by Crippen LogP contribution is 2.28. The maximum Gasteiger partial charge on any atom is 0.283 e. The quantitative estimate of drug-likeness (QED) is 0.543. The van der Waals surface area contributed by atoms with Gasteiger partial charge in [-0.05, 0) is 59.1 Å². The van der Waals surface area contributed by atoms with Crippen LogP contribution in [-0.4, -0.2) is 11.0 Å². The minimum absolute atomic E-state index is 0.0705. The van der Waals surface area contributed by atoms with Gasteiger partial charge in [0.25, 0.3) is 5.69 Å². The molecular formula is C15H14Br2N2O2. The van der Waals surface area contributed by atoms with Crippen LogP contribution in [0.5, 0.6) is 0 Å². The monoisotopic (exact) mass is 412 g/mol. The van der Waals surface area contributed by atoms with E-state index in [-0.39, 0.29) is 11.7 Å². The third-order valence-electron chi connectivity index (χ3n) is 3.01. The van der Waals surface area contributed by atoms with Gasteiger partial charge in [-0.3, -0.25) is 10.1 Å². The maximum absolute atomic E-state index is 10.8. The zero-order valence-electron chi connectivity index (χ0n) is 11.3. The van der Waals surface area contributed by atoms with E-state index in [2.05, 4.69) is 56.2 Å². The first-order valence-corrected chi connectivity index (χ1v) is 7.99. The van der Waals surface area contributed by atoms with E-state index in [0.717, 1.165) is 16.6 Å². The molecule has 0 aliphatic heterocycles. The largest absolute Gasteiger partial charge is 0.382 e. The van der Waals surface area contributed by atoms with Gasteiger partial charge in [0.15, 0.2) is 0 Å². The van der Waals surface area contributed by atoms with Crippen LogP contribution in [0.2, 0.25) is 0 Å². The Labute approximate surface area is 140 Å². The van der Waals surface area contributed by atoms with Crippen LogP contribution in [0, 0.1) is 10.1 Å². The van der Waals surface area contributed by atoms with Gasteiger partial charge in [-0.2, -0.15) is 0 Å². The molecule has 0 amide bonds. The van der Waals surface area contributed by atoms with Gasteiger partial charge in [-0.1, -0.05) is 28.1 Å². The van der Waals surface area contributed by atoms with Crippen LogP contribution >= 0.6 is 31.9 Å². The second-order valence-electron chi connectivity index (χ2n) is 4.80. The summed E-state index contributed by atoms with van der Waals surface area (Å²) in [6, 6.07) is 13.4. The molecule has 0 fully saturated rings. The predicted molar refractivity (Wildman–Crippen MR) is 91.7 cm³/mol. The molecule has 0 aliphatic carbocycles. The molecule has 1 atom stereocenters. The van der Waals surface area contributed by atoms with Crippen molar-refractivity contribution in [3.8, 4) is 0 Å². The third-order valence-corrected chi connectivity index (χ3v) is 4.18. The van der Waals surface area contributed by atoms with Crippen molar-refractivity contribution < 1.29 is 4.92 Å². The molecule has 0 aliphatic rings. The van der Waals surface area contributed by atoms with Crippen molar-refractivity contribution in [3.63, 3.8) is 0 Å². The summed E-state index contributed by atoms with van der Waals surface area (Å²) in [7, 11) is 0. The molecule has 0 aromatic heterocycles. The number of hydrogen-bond donors (Lipinski definition) is 1. The molecular weight excluding hydrogens is 400 g/mol. The SMILES string of the molecule is CC(Cc1ccc(Br)cc1)Nc1ccc([N+](=O)[O-])c(Br)c1. The standard InChI is InChI=1S/C15H14Br2N2O2/c1-10(8-11-2-4-12(16)5-3-11)18-13-6-7-15(19(20)21)14(17)9-13/h2-7,9-10,18H,8H2,1H3. The fourth-order valence-corrected chi connectivity index (χ4v) is 2.84. The van der Waals surface area contributed by atoms with Crippen molar-refractivity contribution >= 4 is 43.2 Å². The van der Waals surface area contributed by atoms with Crippen molar-refractivity contribution in [3.05, 3.63) is 67.1 Å². The second-order valence-corrected chi connectivity index (χ2v) is 6.57. The Morgan fingerprint density at radius 3 is 2.43 bits per heavy atom. The van der Waals surface area contributed by atoms with Gasteiger partial charge in [-0.25, -0.2) is 0 Å². The molecule has 0 saturated heterocycles. The summed E-state index contributed by atoms with van der Waals surface area (Å²) in [5.74, 6) is 0. The molecule has 4 nitrogen and oxygen atoms in total. The molecule has 2 rings (SSSR count). The molecule has 2 aromatic carbocycles. The zero-order valence-corrected chi connectivity index (χ0v) is 14.5. The van der Waals surface area contributed by atoms with Gasteiger partial charge in [0.2, 0.25) is 0 Å². The molecule has 0 saturated carbocycles. The lowest BCUT2D eigenvalue weighted by Crippen LogP contribution is -2.18. The molecule has 1 N–H and O–H groups in total. The lowest BCUT2D eigenvalue weighted by molar-refractivity contribution is -0.385. The summed E-state index contributed by atoms with van der Waals surface area (Å²) in [5.41, 5.74) is 2.16. The van der Waals surface area contributed by atoms with Crippen LogP contribution in [0.3, 0.4) is 0 Å². The fourth-order valence-electron chi connectivity index (χ4n) is 2.05. The van der Waals surface area contributed by atoms with Gasteiger partial charge in [0, 0.05) is 22.3 Å². The summed E-state index contributed by atoms with van der Waals surface area (Å²) in [6.45, 7) is 2.08. The Balaban J connectivity index is 2.02. The second kappa shape index (κ2) is 7.04. The van der Waals surface area contributed by atoms with Crippen molar-refractivity contribution in [1.82, 2.24) is 0 Å². The number of nitro groups is 1. The van der Waals surface area contributed by atoms with E-state index >= 15 is 0 Å². The van der Waals surface area contributed by atoms with Crippen LogP contribution in [0.1, 0.15) is 12.5 Å². The maximum atomic E-state index is 10.8. The van der Waals surface area contributed by atoms with E-state index < -0.39 is 4.92 Å². The van der Waals surface area contributed by atoms with E-state index in [4.69, 9.17) is 0 Å². The first-order chi connectivity index (χ1) is 9.95. The number of nitrogens with zero attached hydrogens (tertiary/aromatic N) is 1. The summed E-state index contributed by atoms with van der Waals surface area (Å²) in [6.07, 6.45) is 0.877. The molecule has 2 aromatic rings. The molecule has 0 radical (unpaired) electrons. The molecule has 0 heterocycles. The van der Waals surface area contributed by atoms with E-state index in [1.165, 1.54) is 11.6 Å². The molecule has 0 spiro atoms. The topological polar surface area (TPSA) is 55.2 Å². The Hall–Kier alpha value is -1.40. The molecule has 110 valence electrons. The Bertz CT molecular complexity index is 645. The van der Waals surface area contributed by atoms with Crippen LogP contribution in [0.15, 0.2) is 51.4 Å². The van der Waals surface area contributed by atoms with Crippen molar-refractivity contribution in [2.75, 3.05) is 5.32 Å². The Morgan fingerprint density at radius 1 is 1.19 bits per heavy atom. The van der Waals surface area contributed by atoms with Crippen LogP contribution < -0.4 is 5.32 Å². The van der Waals surface area contributed by atoms with Crippen molar-refractivity contribution in [1.29, 1.82) is 0 Å². The minimum atomic E-state index is -0.404. The van der Waals surface area contributed by atoms with E-state index in [1.54, 1.807) is 12.1 Å². The molecule has 0 bridgehead atoms. The Morgan fingerprint density at radius 2 is 1.86 bits per heavy atom. The minimum Gasteiger partial charge on any atom is -0.382 e. The van der Waals surface area contributed by atoms with Gasteiger partial charge >= 0.3 is 0 Å². The highest BCUT2D eigenvalue weighted by atomic mass is 79.9. The fraction of sp³-hybridized carbons (Fsp3) is 0.200. The number of nitro benzene ring substituents is 1. The number of anilines is 1. The van der Waals surface area contributed by atoms with Crippen LogP contribution in [0.25, 0.3) is 0 Å². The highest BCUT2D eigenvalue weighted by Gasteiger charge is 2.12. The number of halogens is 2. The normalized spacial score (nSPS) is 12.0. The average Bonchev–Trinajstić information content (AvgIpc) is 2.41. The lowest BCUT2D eigenvalue weighted by atomic mass is 10.1. The highest BCUT2D eigenvalue weighted by molar-refractivity contribution is 9.10. The van der Waals surface area contributed by atoms with Gasteiger partial charge in [0.05, 0.1) is 9.40 Å².